The van der Waals surface area contributed by atoms with Crippen LogP contribution < -0.4 is 9.83 Å². The summed E-state index contributed by atoms with van der Waals surface area (Å²) in [6, 6.07) is 27.6. The molecular weight excluding hydrogens is 639 g/mol. The molecule has 5 nitrogen and oxygen atoms in total. The second kappa shape index (κ2) is 10.6. The minimum atomic E-state index is -2.82. The van der Waals surface area contributed by atoms with Crippen LogP contribution >= 0.6 is 39.1 Å². The molecule has 0 saturated heterocycles. The van der Waals surface area contributed by atoms with Crippen LogP contribution in [0.3, 0.4) is 0 Å². The largest absolute Gasteiger partial charge is 0.478 e. The van der Waals surface area contributed by atoms with E-state index >= 15 is 0 Å². The number of hydrogen-bond acceptors (Lipinski definition) is 3. The van der Waals surface area contributed by atoms with Crippen LogP contribution in [0.5, 0.6) is 5.75 Å². The molecule has 0 aliphatic rings. The van der Waals surface area contributed by atoms with Crippen molar-refractivity contribution >= 4 is 77.9 Å². The van der Waals surface area contributed by atoms with E-state index in [0.717, 1.165) is 26.2 Å². The Bertz CT molecular complexity index is 1770. The van der Waals surface area contributed by atoms with Crippen molar-refractivity contribution in [2.75, 3.05) is 0 Å². The Balaban J connectivity index is 1.84. The fourth-order valence-corrected chi connectivity index (χ4v) is 9.25. The zero-order chi connectivity index (χ0) is 27.9. The standard InChI is InChI=1S/C31H29Br2N2O3P/c1-5-35-27-9-7-6-8-24(27)25-19-23(15-16-28(25)35)39(31(2,3)4,38-29-17-12-21(32)18-26(29)33)34-22-13-10-20(11-14-22)30(36)37/h6-19H,5H2,1-4H3,(H,36,37)/t39-/m1/s1. The van der Waals surface area contributed by atoms with Gasteiger partial charge in [-0.25, -0.2) is 9.54 Å². The van der Waals surface area contributed by atoms with Crippen LogP contribution in [0.25, 0.3) is 21.8 Å². The molecule has 0 aliphatic carbocycles. The highest BCUT2D eigenvalue weighted by atomic mass is 79.9. The number of aromatic nitrogens is 1. The normalized spacial score (nSPS) is 13.4. The first kappa shape index (κ1) is 27.7. The molecule has 39 heavy (non-hydrogen) atoms. The zero-order valence-corrected chi connectivity index (χ0v) is 26.2. The molecule has 0 bridgehead atoms. The molecule has 1 N–H and O–H groups in total. The summed E-state index contributed by atoms with van der Waals surface area (Å²) in [5.74, 6) is -0.269. The number of benzene rings is 4. The Morgan fingerprint density at radius 3 is 2.26 bits per heavy atom. The smallest absolute Gasteiger partial charge is 0.335 e. The number of hydrogen-bond donors (Lipinski definition) is 1. The van der Waals surface area contributed by atoms with E-state index in [0.29, 0.717) is 11.4 Å². The average molecular weight is 668 g/mol. The number of nitrogens with zero attached hydrogens (tertiary/aromatic N) is 2. The van der Waals surface area contributed by atoms with Crippen molar-refractivity contribution in [1.29, 1.82) is 0 Å². The van der Waals surface area contributed by atoms with Crippen LogP contribution in [0.4, 0.5) is 5.69 Å². The zero-order valence-electron chi connectivity index (χ0n) is 22.2. The number of aromatic carboxylic acids is 1. The van der Waals surface area contributed by atoms with E-state index in [-0.39, 0.29) is 5.56 Å². The monoisotopic (exact) mass is 666 g/mol. The first-order chi connectivity index (χ1) is 18.5. The van der Waals surface area contributed by atoms with Crippen molar-refractivity contribution in [3.8, 4) is 5.75 Å². The van der Waals surface area contributed by atoms with Crippen LogP contribution in [0.2, 0.25) is 0 Å². The summed E-state index contributed by atoms with van der Waals surface area (Å²) in [5, 5.41) is 12.4. The van der Waals surface area contributed by atoms with E-state index in [9.17, 15) is 9.90 Å². The maximum atomic E-state index is 11.5. The van der Waals surface area contributed by atoms with Crippen molar-refractivity contribution in [2.45, 2.75) is 39.4 Å². The second-order valence-electron chi connectivity index (χ2n) is 10.3. The third kappa shape index (κ3) is 5.08. The molecule has 0 amide bonds. The molecule has 4 aromatic carbocycles. The third-order valence-electron chi connectivity index (χ3n) is 6.83. The van der Waals surface area contributed by atoms with Gasteiger partial charge >= 0.3 is 5.97 Å². The summed E-state index contributed by atoms with van der Waals surface area (Å²) in [6.45, 7) is 9.49. The van der Waals surface area contributed by atoms with Gasteiger partial charge in [0.05, 0.1) is 15.7 Å². The van der Waals surface area contributed by atoms with E-state index in [1.54, 1.807) is 24.3 Å². The number of rotatable bonds is 6. The molecule has 8 heteroatoms. The van der Waals surface area contributed by atoms with Gasteiger partial charge in [0.2, 0.25) is 0 Å². The number of para-hydroxylation sites is 1. The number of carbonyl (C=O) groups is 1. The van der Waals surface area contributed by atoms with Crippen LogP contribution in [-0.2, 0) is 6.54 Å². The molecule has 0 spiro atoms. The van der Waals surface area contributed by atoms with Gasteiger partial charge < -0.3 is 14.2 Å². The van der Waals surface area contributed by atoms with Crippen molar-refractivity contribution in [2.24, 2.45) is 4.74 Å². The molecule has 1 atom stereocenters. The lowest BCUT2D eigenvalue weighted by Crippen LogP contribution is -2.27. The molecule has 5 aromatic rings. The fourth-order valence-electron chi connectivity index (χ4n) is 4.90. The number of fused-ring (bicyclic) bond motifs is 3. The Hall–Kier alpha value is -2.86. The van der Waals surface area contributed by atoms with Gasteiger partial charge in [-0.15, -0.1) is 0 Å². The minimum Gasteiger partial charge on any atom is -0.478 e. The lowest BCUT2D eigenvalue weighted by molar-refractivity contribution is 0.0697. The molecule has 0 radical (unpaired) electrons. The van der Waals surface area contributed by atoms with E-state index in [1.807, 2.05) is 18.2 Å². The van der Waals surface area contributed by atoms with Gasteiger partial charge in [-0.2, -0.15) is 0 Å². The van der Waals surface area contributed by atoms with Crippen LogP contribution in [0.1, 0.15) is 38.1 Å². The highest BCUT2D eigenvalue weighted by molar-refractivity contribution is 9.11. The lowest BCUT2D eigenvalue weighted by atomic mass is 10.1. The minimum absolute atomic E-state index is 0.221. The quantitative estimate of drug-likeness (QED) is 0.183. The SMILES string of the molecule is CCn1c2ccccc2c2cc([P@@](=Nc3ccc(C(=O)O)cc3)(Oc3ccc(Br)cc3Br)C(C)(C)C)ccc21. The first-order valence-electron chi connectivity index (χ1n) is 12.7. The fraction of sp³-hybridized carbons (Fsp3) is 0.194. The van der Waals surface area contributed by atoms with Crippen molar-refractivity contribution in [3.05, 3.63) is 99.4 Å². The molecule has 5 rings (SSSR count). The van der Waals surface area contributed by atoms with Gasteiger partial charge in [0.15, 0.2) is 7.28 Å². The van der Waals surface area contributed by atoms with Gasteiger partial charge in [0.25, 0.3) is 0 Å². The van der Waals surface area contributed by atoms with Gasteiger partial charge in [-0.05, 0) is 89.6 Å². The topological polar surface area (TPSA) is 63.8 Å². The first-order valence-corrected chi connectivity index (χ1v) is 15.9. The van der Waals surface area contributed by atoms with E-state index in [1.165, 1.54) is 16.4 Å². The summed E-state index contributed by atoms with van der Waals surface area (Å²) in [5.41, 5.74) is 3.27. The molecule has 1 heterocycles. The van der Waals surface area contributed by atoms with Crippen molar-refractivity contribution < 1.29 is 14.4 Å². The van der Waals surface area contributed by atoms with Crippen LogP contribution in [0, 0.1) is 0 Å². The number of carboxylic acid groups (broad SMARTS) is 1. The van der Waals surface area contributed by atoms with Gasteiger partial charge in [0, 0.05) is 43.3 Å². The molecule has 0 aliphatic heterocycles. The molecule has 0 fully saturated rings. The Morgan fingerprint density at radius 1 is 0.923 bits per heavy atom. The number of halogens is 2. The van der Waals surface area contributed by atoms with Crippen molar-refractivity contribution in [1.82, 2.24) is 4.57 Å². The van der Waals surface area contributed by atoms with Crippen molar-refractivity contribution in [3.63, 3.8) is 0 Å². The van der Waals surface area contributed by atoms with E-state index in [2.05, 4.69) is 107 Å². The second-order valence-corrected chi connectivity index (χ2v) is 15.5. The van der Waals surface area contributed by atoms with E-state index in [4.69, 9.17) is 9.27 Å². The predicted molar refractivity (Wildman–Crippen MR) is 169 cm³/mol. The molecule has 0 unspecified atom stereocenters. The highest BCUT2D eigenvalue weighted by Crippen LogP contribution is 2.63. The van der Waals surface area contributed by atoms with Gasteiger partial charge in [-0.1, -0.05) is 54.9 Å². The number of aryl methyl sites for hydroxylation is 1. The Morgan fingerprint density at radius 2 is 1.62 bits per heavy atom. The third-order valence-corrected chi connectivity index (χ3v) is 11.7. The Labute approximate surface area is 245 Å². The number of carboxylic acids is 1. The highest BCUT2D eigenvalue weighted by Gasteiger charge is 2.39. The molecule has 0 saturated carbocycles. The summed E-state index contributed by atoms with van der Waals surface area (Å²) >= 11 is 7.23. The lowest BCUT2D eigenvalue weighted by Gasteiger charge is -2.37. The van der Waals surface area contributed by atoms with Gasteiger partial charge in [0.1, 0.15) is 5.75 Å². The van der Waals surface area contributed by atoms with Crippen LogP contribution in [0.15, 0.2) is 98.6 Å². The maximum Gasteiger partial charge on any atom is 0.335 e. The summed E-state index contributed by atoms with van der Waals surface area (Å²) < 4.78 is 16.5. The van der Waals surface area contributed by atoms with Crippen LogP contribution in [-0.4, -0.2) is 20.8 Å². The molecule has 200 valence electrons. The summed E-state index contributed by atoms with van der Waals surface area (Å²) in [4.78, 5) is 11.5. The summed E-state index contributed by atoms with van der Waals surface area (Å²) in [6.07, 6.45) is 0. The average Bonchev–Trinajstić information content (AvgIpc) is 3.22. The molecular formula is C31H29Br2N2O3P. The van der Waals surface area contributed by atoms with E-state index < -0.39 is 18.4 Å². The summed E-state index contributed by atoms with van der Waals surface area (Å²) in [7, 11) is -2.82. The molecule has 1 aromatic heterocycles. The maximum absolute atomic E-state index is 11.5. The Kier molecular flexibility index (Phi) is 7.53. The van der Waals surface area contributed by atoms with Gasteiger partial charge in [-0.3, -0.25) is 0 Å². The predicted octanol–water partition coefficient (Wildman–Crippen LogP) is 9.99.